The Labute approximate surface area is 130 Å². The molecule has 0 amide bonds. The zero-order valence-electron chi connectivity index (χ0n) is 13.6. The number of benzene rings is 1. The molecule has 0 saturated heterocycles. The van der Waals surface area contributed by atoms with Gasteiger partial charge in [-0.25, -0.2) is 0 Å². The van der Waals surface area contributed by atoms with Crippen LogP contribution >= 0.6 is 0 Å². The van der Waals surface area contributed by atoms with Crippen molar-refractivity contribution in [3.8, 4) is 0 Å². The van der Waals surface area contributed by atoms with Crippen molar-refractivity contribution in [2.24, 2.45) is 5.92 Å². The molecule has 1 nitrogen and oxygen atoms in total. The molecule has 2 fully saturated rings. The highest BCUT2D eigenvalue weighted by Crippen LogP contribution is 2.41. The van der Waals surface area contributed by atoms with Crippen LogP contribution in [0.1, 0.15) is 81.3 Å². The summed E-state index contributed by atoms with van der Waals surface area (Å²) < 4.78 is 0. The topological polar surface area (TPSA) is 12.0 Å². The Morgan fingerprint density at radius 1 is 1.00 bits per heavy atom. The smallest absolute Gasteiger partial charge is 0.00147 e. The first kappa shape index (κ1) is 15.1. The summed E-state index contributed by atoms with van der Waals surface area (Å²) in [5.41, 5.74) is 3.24. The van der Waals surface area contributed by atoms with Crippen molar-refractivity contribution in [1.82, 2.24) is 5.32 Å². The molecule has 1 N–H and O–H groups in total. The lowest BCUT2D eigenvalue weighted by atomic mass is 9.73. The van der Waals surface area contributed by atoms with Gasteiger partial charge in [0.2, 0.25) is 0 Å². The lowest BCUT2D eigenvalue weighted by molar-refractivity contribution is 0.295. The van der Waals surface area contributed by atoms with Gasteiger partial charge in [0.15, 0.2) is 0 Å². The number of rotatable bonds is 6. The van der Waals surface area contributed by atoms with Crippen molar-refractivity contribution in [1.29, 1.82) is 0 Å². The van der Waals surface area contributed by atoms with E-state index in [9.17, 15) is 0 Å². The quantitative estimate of drug-likeness (QED) is 0.706. The molecule has 116 valence electrons. The van der Waals surface area contributed by atoms with Crippen LogP contribution in [0.5, 0.6) is 0 Å². The van der Waals surface area contributed by atoms with E-state index >= 15 is 0 Å². The van der Waals surface area contributed by atoms with E-state index in [-0.39, 0.29) is 0 Å². The summed E-state index contributed by atoms with van der Waals surface area (Å²) in [5, 5.41) is 3.66. The lowest BCUT2D eigenvalue weighted by Gasteiger charge is -2.33. The molecule has 21 heavy (non-hydrogen) atoms. The maximum Gasteiger partial charge on any atom is -0.00147 e. The van der Waals surface area contributed by atoms with Crippen LogP contribution < -0.4 is 5.32 Å². The van der Waals surface area contributed by atoms with Gasteiger partial charge in [0.25, 0.3) is 0 Å². The van der Waals surface area contributed by atoms with Crippen molar-refractivity contribution in [2.45, 2.75) is 70.1 Å². The van der Waals surface area contributed by atoms with Gasteiger partial charge in [-0.3, -0.25) is 0 Å². The van der Waals surface area contributed by atoms with Crippen LogP contribution in [0.15, 0.2) is 24.3 Å². The molecule has 0 spiro atoms. The van der Waals surface area contributed by atoms with Crippen LogP contribution in [-0.2, 0) is 0 Å². The summed E-state index contributed by atoms with van der Waals surface area (Å²) in [5.74, 6) is 2.51. The Balaban J connectivity index is 1.69. The highest BCUT2D eigenvalue weighted by atomic mass is 14.9. The van der Waals surface area contributed by atoms with Gasteiger partial charge >= 0.3 is 0 Å². The Hall–Kier alpha value is -0.820. The summed E-state index contributed by atoms with van der Waals surface area (Å²) >= 11 is 0. The predicted molar refractivity (Wildman–Crippen MR) is 90.9 cm³/mol. The van der Waals surface area contributed by atoms with Crippen LogP contribution in [0.3, 0.4) is 0 Å². The van der Waals surface area contributed by atoms with Gasteiger partial charge in [0.05, 0.1) is 0 Å². The summed E-state index contributed by atoms with van der Waals surface area (Å²) in [6.07, 6.45) is 11.2. The predicted octanol–water partition coefficient (Wildman–Crippen LogP) is 5.23. The maximum absolute atomic E-state index is 3.66. The first-order chi connectivity index (χ1) is 10.4. The van der Waals surface area contributed by atoms with Gasteiger partial charge in [-0.2, -0.15) is 0 Å². The summed E-state index contributed by atoms with van der Waals surface area (Å²) in [6.45, 7) is 4.64. The van der Waals surface area contributed by atoms with Crippen molar-refractivity contribution >= 4 is 0 Å². The monoisotopic (exact) mass is 285 g/mol. The van der Waals surface area contributed by atoms with E-state index in [0.29, 0.717) is 0 Å². The molecule has 0 radical (unpaired) electrons. The molecule has 2 saturated carbocycles. The van der Waals surface area contributed by atoms with Crippen LogP contribution in [0.25, 0.3) is 0 Å². The molecule has 1 aromatic carbocycles. The van der Waals surface area contributed by atoms with Crippen molar-refractivity contribution in [2.75, 3.05) is 13.1 Å². The second-order valence-corrected chi connectivity index (χ2v) is 7.15. The Morgan fingerprint density at radius 3 is 2.57 bits per heavy atom. The second kappa shape index (κ2) is 7.45. The standard InChI is InChI=1S/C20H31N/c1-2-13-21-15-19-7-3-4-12-20(19)18-11-6-10-17(14-18)16-8-5-9-16/h6,10-11,14,16,19-21H,2-5,7-9,12-13,15H2,1H3. The highest BCUT2D eigenvalue weighted by molar-refractivity contribution is 5.30. The molecule has 0 aliphatic heterocycles. The van der Waals surface area contributed by atoms with E-state index in [2.05, 4.69) is 36.5 Å². The third-order valence-corrected chi connectivity index (χ3v) is 5.66. The fourth-order valence-corrected chi connectivity index (χ4v) is 4.14. The number of nitrogens with one attached hydrogen (secondary N) is 1. The zero-order chi connectivity index (χ0) is 14.5. The SMILES string of the molecule is CCCNCC1CCCCC1c1cccc(C2CCC2)c1. The summed E-state index contributed by atoms with van der Waals surface area (Å²) in [7, 11) is 0. The van der Waals surface area contributed by atoms with Gasteiger partial charge in [0.1, 0.15) is 0 Å². The third kappa shape index (κ3) is 3.69. The van der Waals surface area contributed by atoms with E-state index in [4.69, 9.17) is 0 Å². The van der Waals surface area contributed by atoms with E-state index in [1.165, 1.54) is 64.5 Å². The third-order valence-electron chi connectivity index (χ3n) is 5.66. The summed E-state index contributed by atoms with van der Waals surface area (Å²) in [6, 6.07) is 9.62. The van der Waals surface area contributed by atoms with Gasteiger partial charge in [-0.1, -0.05) is 50.5 Å². The lowest BCUT2D eigenvalue weighted by Crippen LogP contribution is -2.30. The fourth-order valence-electron chi connectivity index (χ4n) is 4.14. The summed E-state index contributed by atoms with van der Waals surface area (Å²) in [4.78, 5) is 0. The zero-order valence-corrected chi connectivity index (χ0v) is 13.6. The van der Waals surface area contributed by atoms with E-state index in [0.717, 1.165) is 17.8 Å². The Bertz CT molecular complexity index is 435. The van der Waals surface area contributed by atoms with Gasteiger partial charge < -0.3 is 5.32 Å². The minimum absolute atomic E-state index is 0.795. The molecule has 3 rings (SSSR count). The highest BCUT2D eigenvalue weighted by Gasteiger charge is 2.27. The number of hydrogen-bond donors (Lipinski definition) is 1. The average Bonchev–Trinajstić information content (AvgIpc) is 2.47. The van der Waals surface area contributed by atoms with E-state index < -0.39 is 0 Å². The Kier molecular flexibility index (Phi) is 5.35. The van der Waals surface area contributed by atoms with Crippen molar-refractivity contribution in [3.63, 3.8) is 0 Å². The van der Waals surface area contributed by atoms with Gasteiger partial charge in [-0.15, -0.1) is 0 Å². The van der Waals surface area contributed by atoms with Crippen molar-refractivity contribution in [3.05, 3.63) is 35.4 Å². The average molecular weight is 285 g/mol. The Morgan fingerprint density at radius 2 is 1.81 bits per heavy atom. The molecule has 0 aromatic heterocycles. The number of hydrogen-bond acceptors (Lipinski definition) is 1. The maximum atomic E-state index is 3.66. The van der Waals surface area contributed by atoms with E-state index in [1.54, 1.807) is 11.1 Å². The molecule has 2 unspecified atom stereocenters. The first-order valence-corrected chi connectivity index (χ1v) is 9.19. The molecule has 2 aliphatic rings. The van der Waals surface area contributed by atoms with Gasteiger partial charge in [-0.05, 0) is 74.1 Å². The molecule has 0 bridgehead atoms. The minimum Gasteiger partial charge on any atom is -0.316 e. The molecule has 1 aromatic rings. The molecular weight excluding hydrogens is 254 g/mol. The van der Waals surface area contributed by atoms with Crippen LogP contribution in [0.2, 0.25) is 0 Å². The molecule has 2 atom stereocenters. The van der Waals surface area contributed by atoms with Crippen LogP contribution in [0.4, 0.5) is 0 Å². The molecule has 2 aliphatic carbocycles. The van der Waals surface area contributed by atoms with E-state index in [1.807, 2.05) is 0 Å². The largest absolute Gasteiger partial charge is 0.316 e. The molecule has 1 heteroatoms. The van der Waals surface area contributed by atoms with Crippen LogP contribution in [-0.4, -0.2) is 13.1 Å². The second-order valence-electron chi connectivity index (χ2n) is 7.15. The fraction of sp³-hybridized carbons (Fsp3) is 0.700. The normalized spacial score (nSPS) is 26.5. The molecule has 0 heterocycles. The van der Waals surface area contributed by atoms with Crippen molar-refractivity contribution < 1.29 is 0 Å². The minimum atomic E-state index is 0.795. The molecular formula is C20H31N. The van der Waals surface area contributed by atoms with Crippen LogP contribution in [0, 0.1) is 5.92 Å². The first-order valence-electron chi connectivity index (χ1n) is 9.19. The van der Waals surface area contributed by atoms with Gasteiger partial charge in [0, 0.05) is 0 Å².